The first kappa shape index (κ1) is 8.72. The molecule has 0 saturated carbocycles. The van der Waals surface area contributed by atoms with Crippen LogP contribution >= 0.6 is 0 Å². The second kappa shape index (κ2) is 3.89. The molecule has 0 radical (unpaired) electrons. The maximum Gasteiger partial charge on any atom is 0.220 e. The molecule has 13 heavy (non-hydrogen) atoms. The number of nitrogens with zero attached hydrogens (tertiary/aromatic N) is 1. The van der Waals surface area contributed by atoms with Gasteiger partial charge in [-0.25, -0.2) is 4.98 Å². The summed E-state index contributed by atoms with van der Waals surface area (Å²) in [6, 6.07) is 0. The fourth-order valence-corrected chi connectivity index (χ4v) is 1.69. The molecule has 2 heterocycles. The molecule has 0 unspecified atom stereocenters. The third-order valence-corrected chi connectivity index (χ3v) is 2.45. The summed E-state index contributed by atoms with van der Waals surface area (Å²) in [5.41, 5.74) is 0. The molecule has 1 fully saturated rings. The maximum absolute atomic E-state index is 8.78. The van der Waals surface area contributed by atoms with Crippen molar-refractivity contribution in [3.63, 3.8) is 0 Å². The molecule has 0 aromatic carbocycles. The minimum atomic E-state index is -0.106. The Balaban J connectivity index is 2.05. The molecule has 2 rings (SSSR count). The Labute approximate surface area is 77.0 Å². The normalized spacial score (nSPS) is 19.2. The Bertz CT molecular complexity index is 266. The van der Waals surface area contributed by atoms with Gasteiger partial charge in [-0.1, -0.05) is 0 Å². The van der Waals surface area contributed by atoms with Crippen molar-refractivity contribution in [3.05, 3.63) is 17.8 Å². The lowest BCUT2D eigenvalue weighted by atomic mass is 9.96. The Kier molecular flexibility index (Phi) is 2.61. The largest absolute Gasteiger partial charge is 0.443 e. The third kappa shape index (κ3) is 1.89. The summed E-state index contributed by atoms with van der Waals surface area (Å²) < 4.78 is 5.38. The molecule has 0 amide bonds. The van der Waals surface area contributed by atoms with Gasteiger partial charge in [0.25, 0.3) is 0 Å². The summed E-state index contributed by atoms with van der Waals surface area (Å²) >= 11 is 0. The number of nitrogens with one attached hydrogen (secondary N) is 1. The number of hydrogen-bond donors (Lipinski definition) is 2. The summed E-state index contributed by atoms with van der Waals surface area (Å²) in [5, 5.41) is 12.1. The van der Waals surface area contributed by atoms with E-state index in [1.165, 1.54) is 0 Å². The molecule has 0 atom stereocenters. The zero-order valence-corrected chi connectivity index (χ0v) is 7.49. The summed E-state index contributed by atoms with van der Waals surface area (Å²) in [4.78, 5) is 3.97. The van der Waals surface area contributed by atoms with Gasteiger partial charge in [-0.2, -0.15) is 0 Å². The van der Waals surface area contributed by atoms with E-state index in [4.69, 9.17) is 9.52 Å². The van der Waals surface area contributed by atoms with E-state index in [9.17, 15) is 0 Å². The van der Waals surface area contributed by atoms with E-state index in [2.05, 4.69) is 10.3 Å². The molecule has 0 bridgehead atoms. The van der Waals surface area contributed by atoms with Crippen molar-refractivity contribution in [2.45, 2.75) is 25.4 Å². The lowest BCUT2D eigenvalue weighted by Crippen LogP contribution is -2.26. The van der Waals surface area contributed by atoms with Crippen LogP contribution in [0.3, 0.4) is 0 Å². The van der Waals surface area contributed by atoms with Crippen molar-refractivity contribution >= 4 is 0 Å². The first-order chi connectivity index (χ1) is 6.40. The van der Waals surface area contributed by atoms with E-state index in [0.717, 1.165) is 31.7 Å². The lowest BCUT2D eigenvalue weighted by molar-refractivity contribution is 0.232. The number of aliphatic hydroxyl groups is 1. The molecule has 0 aliphatic carbocycles. The highest BCUT2D eigenvalue weighted by molar-refractivity contribution is 5.03. The van der Waals surface area contributed by atoms with Gasteiger partial charge in [0.05, 0.1) is 6.20 Å². The summed E-state index contributed by atoms with van der Waals surface area (Å²) in [7, 11) is 0. The van der Waals surface area contributed by atoms with Crippen molar-refractivity contribution in [2.24, 2.45) is 0 Å². The van der Waals surface area contributed by atoms with Gasteiger partial charge in [-0.15, -0.1) is 0 Å². The maximum atomic E-state index is 8.78. The van der Waals surface area contributed by atoms with Crippen molar-refractivity contribution in [3.8, 4) is 0 Å². The average molecular weight is 182 g/mol. The summed E-state index contributed by atoms with van der Waals surface area (Å²) in [6.07, 6.45) is 3.93. The Morgan fingerprint density at radius 2 is 2.31 bits per heavy atom. The van der Waals surface area contributed by atoms with E-state index in [0.29, 0.717) is 11.8 Å². The quantitative estimate of drug-likeness (QED) is 0.704. The third-order valence-electron chi connectivity index (χ3n) is 2.45. The molecule has 0 spiro atoms. The molecule has 4 heteroatoms. The summed E-state index contributed by atoms with van der Waals surface area (Å²) in [5.74, 6) is 1.83. The second-order valence-electron chi connectivity index (χ2n) is 3.34. The molecular formula is C9H14N2O2. The van der Waals surface area contributed by atoms with Crippen LogP contribution in [0.1, 0.15) is 30.4 Å². The topological polar surface area (TPSA) is 58.3 Å². The number of hydrogen-bond acceptors (Lipinski definition) is 4. The molecule has 1 aliphatic rings. The van der Waals surface area contributed by atoms with Crippen molar-refractivity contribution < 1.29 is 9.52 Å². The van der Waals surface area contributed by atoms with Crippen LogP contribution in [0.5, 0.6) is 0 Å². The standard InChI is InChI=1S/C9H14N2O2/c12-6-9-11-5-8(13-9)7-1-3-10-4-2-7/h5,7,10,12H,1-4,6H2. The predicted molar refractivity (Wildman–Crippen MR) is 47.3 cm³/mol. The highest BCUT2D eigenvalue weighted by Gasteiger charge is 2.18. The molecule has 1 aromatic heterocycles. The van der Waals surface area contributed by atoms with Gasteiger partial charge in [-0.3, -0.25) is 0 Å². The smallest absolute Gasteiger partial charge is 0.220 e. The van der Waals surface area contributed by atoms with Crippen LogP contribution in [-0.4, -0.2) is 23.2 Å². The second-order valence-corrected chi connectivity index (χ2v) is 3.34. The Morgan fingerprint density at radius 1 is 1.54 bits per heavy atom. The lowest BCUT2D eigenvalue weighted by Gasteiger charge is -2.19. The number of aromatic nitrogens is 1. The minimum absolute atomic E-state index is 0.106. The van der Waals surface area contributed by atoms with Crippen LogP contribution in [0.2, 0.25) is 0 Å². The number of aliphatic hydroxyl groups excluding tert-OH is 1. The van der Waals surface area contributed by atoms with E-state index in [1.807, 2.05) is 0 Å². The van der Waals surface area contributed by atoms with Crippen LogP contribution in [0.4, 0.5) is 0 Å². The van der Waals surface area contributed by atoms with Gasteiger partial charge in [-0.05, 0) is 25.9 Å². The Hall–Kier alpha value is -0.870. The van der Waals surface area contributed by atoms with Crippen LogP contribution in [0.15, 0.2) is 10.6 Å². The van der Waals surface area contributed by atoms with Gasteiger partial charge >= 0.3 is 0 Å². The SMILES string of the molecule is OCc1ncc(C2CCNCC2)o1. The molecule has 2 N–H and O–H groups in total. The number of oxazole rings is 1. The molecule has 72 valence electrons. The van der Waals surface area contributed by atoms with E-state index >= 15 is 0 Å². The van der Waals surface area contributed by atoms with Crippen LogP contribution in [0.25, 0.3) is 0 Å². The molecular weight excluding hydrogens is 168 g/mol. The van der Waals surface area contributed by atoms with E-state index < -0.39 is 0 Å². The monoisotopic (exact) mass is 182 g/mol. The van der Waals surface area contributed by atoms with Gasteiger partial charge in [0.15, 0.2) is 0 Å². The van der Waals surface area contributed by atoms with Crippen molar-refractivity contribution in [1.82, 2.24) is 10.3 Å². The van der Waals surface area contributed by atoms with Crippen LogP contribution < -0.4 is 5.32 Å². The zero-order valence-electron chi connectivity index (χ0n) is 7.49. The number of rotatable bonds is 2. The van der Waals surface area contributed by atoms with E-state index in [-0.39, 0.29) is 6.61 Å². The first-order valence-electron chi connectivity index (χ1n) is 4.66. The highest BCUT2D eigenvalue weighted by Crippen LogP contribution is 2.25. The molecule has 1 saturated heterocycles. The van der Waals surface area contributed by atoms with Gasteiger partial charge in [0.1, 0.15) is 12.4 Å². The summed E-state index contributed by atoms with van der Waals surface area (Å²) in [6.45, 7) is 1.98. The van der Waals surface area contributed by atoms with Crippen LogP contribution in [0, 0.1) is 0 Å². The fraction of sp³-hybridized carbons (Fsp3) is 0.667. The van der Waals surface area contributed by atoms with Gasteiger partial charge in [0.2, 0.25) is 5.89 Å². The predicted octanol–water partition coefficient (Wildman–Crippen LogP) is 0.634. The first-order valence-corrected chi connectivity index (χ1v) is 4.66. The zero-order chi connectivity index (χ0) is 9.10. The highest BCUT2D eigenvalue weighted by atomic mass is 16.4. The number of piperidine rings is 1. The van der Waals surface area contributed by atoms with Crippen molar-refractivity contribution in [2.75, 3.05) is 13.1 Å². The van der Waals surface area contributed by atoms with Gasteiger partial charge in [0, 0.05) is 5.92 Å². The minimum Gasteiger partial charge on any atom is -0.443 e. The molecule has 4 nitrogen and oxygen atoms in total. The van der Waals surface area contributed by atoms with E-state index in [1.54, 1.807) is 6.20 Å². The fourth-order valence-electron chi connectivity index (χ4n) is 1.69. The Morgan fingerprint density at radius 3 is 2.92 bits per heavy atom. The van der Waals surface area contributed by atoms with Gasteiger partial charge < -0.3 is 14.8 Å². The van der Waals surface area contributed by atoms with Crippen molar-refractivity contribution in [1.29, 1.82) is 0 Å². The molecule has 1 aromatic rings. The average Bonchev–Trinajstić information content (AvgIpc) is 2.67. The molecule has 1 aliphatic heterocycles. The van der Waals surface area contributed by atoms with Crippen LogP contribution in [-0.2, 0) is 6.61 Å².